The van der Waals surface area contributed by atoms with Crippen molar-refractivity contribution in [1.82, 2.24) is 34.6 Å². The Bertz CT molecular complexity index is 1390. The number of alkyl halides is 2. The van der Waals surface area contributed by atoms with Crippen molar-refractivity contribution in [2.75, 3.05) is 13.1 Å². The van der Waals surface area contributed by atoms with Gasteiger partial charge >= 0.3 is 0 Å². The summed E-state index contributed by atoms with van der Waals surface area (Å²) in [6, 6.07) is 7.74. The molecule has 3 fully saturated rings. The van der Waals surface area contributed by atoms with Crippen LogP contribution in [-0.4, -0.2) is 71.6 Å². The average Bonchev–Trinajstić information content (AvgIpc) is 3.23. The van der Waals surface area contributed by atoms with Gasteiger partial charge in [0.2, 0.25) is 0 Å². The fourth-order valence-corrected chi connectivity index (χ4v) is 7.35. The molecule has 42 heavy (non-hydrogen) atoms. The molecule has 2 aromatic heterocycles. The first-order chi connectivity index (χ1) is 20.0. The second-order valence-electron chi connectivity index (χ2n) is 12.9. The molecule has 8 nitrogen and oxygen atoms in total. The Morgan fingerprint density at radius 1 is 1.05 bits per heavy atom. The molecule has 1 aliphatic heterocycles. The SMILES string of the molecule is CC(C)c1c(C(=O)N2C[C@@H](C)N(Cc3cn(CC4CCC5C(CC4)C5(F)F)nn3)[C@@H](C)C2)cnn1-c1ccc(Cl)cc1. The van der Waals surface area contributed by atoms with Gasteiger partial charge in [-0.3, -0.25) is 14.4 Å². The molecular formula is C31H40ClF2N7O. The number of hydrogen-bond donors (Lipinski definition) is 0. The highest BCUT2D eigenvalue weighted by Gasteiger charge is 2.67. The van der Waals surface area contributed by atoms with Crippen molar-refractivity contribution < 1.29 is 13.6 Å². The molecule has 3 aromatic rings. The monoisotopic (exact) mass is 599 g/mol. The summed E-state index contributed by atoms with van der Waals surface area (Å²) in [4.78, 5) is 18.1. The second kappa shape index (κ2) is 11.3. The van der Waals surface area contributed by atoms with E-state index in [0.29, 0.717) is 49.0 Å². The molecule has 1 amide bonds. The number of amides is 1. The molecule has 0 N–H and O–H groups in total. The molecule has 6 rings (SSSR count). The van der Waals surface area contributed by atoms with Gasteiger partial charge in [0.05, 0.1) is 28.8 Å². The van der Waals surface area contributed by atoms with Gasteiger partial charge in [-0.1, -0.05) is 30.7 Å². The summed E-state index contributed by atoms with van der Waals surface area (Å²) in [5.74, 6) is -2.76. The van der Waals surface area contributed by atoms with Gasteiger partial charge in [0.25, 0.3) is 11.8 Å². The minimum atomic E-state index is -2.43. The number of benzene rings is 1. The van der Waals surface area contributed by atoms with E-state index in [2.05, 4.69) is 48.0 Å². The summed E-state index contributed by atoms with van der Waals surface area (Å²) in [7, 11) is 0. The van der Waals surface area contributed by atoms with Crippen LogP contribution in [0.25, 0.3) is 5.69 Å². The van der Waals surface area contributed by atoms with Crippen LogP contribution < -0.4 is 0 Å². The summed E-state index contributed by atoms with van der Waals surface area (Å²) in [5, 5.41) is 14.0. The third kappa shape index (κ3) is 5.60. The van der Waals surface area contributed by atoms with E-state index in [1.165, 1.54) is 0 Å². The van der Waals surface area contributed by atoms with Crippen molar-refractivity contribution >= 4 is 17.5 Å². The molecule has 2 unspecified atom stereocenters. The van der Waals surface area contributed by atoms with Gasteiger partial charge in [-0.05, 0) is 75.6 Å². The number of halogens is 3. The fourth-order valence-electron chi connectivity index (χ4n) is 7.23. The quantitative estimate of drug-likeness (QED) is 0.331. The highest BCUT2D eigenvalue weighted by molar-refractivity contribution is 6.30. The van der Waals surface area contributed by atoms with E-state index in [1.54, 1.807) is 6.20 Å². The lowest BCUT2D eigenvalue weighted by Crippen LogP contribution is -2.57. The molecule has 11 heteroatoms. The number of hydrogen-bond acceptors (Lipinski definition) is 5. The smallest absolute Gasteiger partial charge is 0.257 e. The normalized spacial score (nSPS) is 27.6. The van der Waals surface area contributed by atoms with Gasteiger partial charge < -0.3 is 4.90 Å². The maximum Gasteiger partial charge on any atom is 0.257 e. The Morgan fingerprint density at radius 2 is 1.69 bits per heavy atom. The minimum Gasteiger partial charge on any atom is -0.335 e. The third-order valence-corrected chi connectivity index (χ3v) is 9.81. The average molecular weight is 600 g/mol. The lowest BCUT2D eigenvalue weighted by Gasteiger charge is -2.44. The first-order valence-electron chi connectivity index (χ1n) is 15.2. The summed E-state index contributed by atoms with van der Waals surface area (Å²) >= 11 is 6.08. The van der Waals surface area contributed by atoms with Crippen LogP contribution in [0.5, 0.6) is 0 Å². The van der Waals surface area contributed by atoms with Crippen LogP contribution in [0.3, 0.4) is 0 Å². The van der Waals surface area contributed by atoms with Gasteiger partial charge in [-0.2, -0.15) is 5.10 Å². The van der Waals surface area contributed by atoms with Crippen molar-refractivity contribution in [2.45, 2.75) is 90.4 Å². The first kappa shape index (κ1) is 29.2. The molecule has 3 heterocycles. The zero-order chi connectivity index (χ0) is 29.8. The molecule has 1 aromatic carbocycles. The van der Waals surface area contributed by atoms with Gasteiger partial charge in [-0.15, -0.1) is 5.10 Å². The molecule has 2 saturated carbocycles. The Hall–Kier alpha value is -2.85. The van der Waals surface area contributed by atoms with Crippen molar-refractivity contribution in [2.24, 2.45) is 17.8 Å². The van der Waals surface area contributed by atoms with E-state index >= 15 is 0 Å². The van der Waals surface area contributed by atoms with Crippen LogP contribution in [0.2, 0.25) is 5.02 Å². The van der Waals surface area contributed by atoms with Crippen molar-refractivity contribution in [3.8, 4) is 5.69 Å². The minimum absolute atomic E-state index is 0.00186. The van der Waals surface area contributed by atoms with Gasteiger partial charge in [0.15, 0.2) is 0 Å². The van der Waals surface area contributed by atoms with Crippen molar-refractivity contribution in [1.29, 1.82) is 0 Å². The van der Waals surface area contributed by atoms with E-state index in [4.69, 9.17) is 11.6 Å². The van der Waals surface area contributed by atoms with Gasteiger partial charge in [0, 0.05) is 61.3 Å². The number of fused-ring (bicyclic) bond motifs is 1. The van der Waals surface area contributed by atoms with Crippen LogP contribution in [0.4, 0.5) is 8.78 Å². The number of aromatic nitrogens is 5. The van der Waals surface area contributed by atoms with E-state index in [0.717, 1.165) is 36.5 Å². The topological polar surface area (TPSA) is 72.1 Å². The Balaban J connectivity index is 1.08. The largest absolute Gasteiger partial charge is 0.335 e. The molecule has 0 spiro atoms. The van der Waals surface area contributed by atoms with E-state index < -0.39 is 17.8 Å². The second-order valence-corrected chi connectivity index (χ2v) is 13.3. The summed E-state index contributed by atoms with van der Waals surface area (Å²) in [6.07, 6.45) is 6.57. The molecule has 4 atom stereocenters. The number of rotatable bonds is 7. The van der Waals surface area contributed by atoms with Gasteiger partial charge in [-0.25, -0.2) is 13.5 Å². The summed E-state index contributed by atoms with van der Waals surface area (Å²) in [5.41, 5.74) is 3.29. The van der Waals surface area contributed by atoms with E-state index in [-0.39, 0.29) is 23.9 Å². The Labute approximate surface area is 251 Å². The zero-order valence-electron chi connectivity index (χ0n) is 24.8. The maximum atomic E-state index is 13.8. The fraction of sp³-hybridized carbons (Fsp3) is 0.613. The standard InChI is InChI=1S/C31H40ClF2N7O/c1-19(2)29-26(13-35-41(29)25-9-7-23(32)8-10-25)30(42)38-14-20(3)40(21(4)15-38)18-24-17-39(37-36-24)16-22-5-11-27-28(12-6-22)31(27,33)34/h7-10,13,17,19-22,27-28H,5-6,11-12,14-16,18H2,1-4H3/t20-,21+,22?,27?,28?. The lowest BCUT2D eigenvalue weighted by molar-refractivity contribution is 0.0263. The van der Waals surface area contributed by atoms with E-state index in [9.17, 15) is 13.6 Å². The zero-order valence-corrected chi connectivity index (χ0v) is 25.5. The highest BCUT2D eigenvalue weighted by Crippen LogP contribution is 2.61. The number of carbonyl (C=O) groups is 1. The molecule has 0 bridgehead atoms. The highest BCUT2D eigenvalue weighted by atomic mass is 35.5. The molecule has 1 saturated heterocycles. The number of nitrogens with zero attached hydrogens (tertiary/aromatic N) is 7. The Morgan fingerprint density at radius 3 is 2.31 bits per heavy atom. The molecule has 2 aliphatic carbocycles. The van der Waals surface area contributed by atoms with Crippen LogP contribution in [0.1, 0.15) is 81.0 Å². The predicted octanol–water partition coefficient (Wildman–Crippen LogP) is 6.05. The molecule has 0 radical (unpaired) electrons. The summed E-state index contributed by atoms with van der Waals surface area (Å²) in [6.45, 7) is 11.0. The van der Waals surface area contributed by atoms with Crippen molar-refractivity contribution in [3.05, 3.63) is 58.6 Å². The number of piperazine rings is 1. The lowest BCUT2D eigenvalue weighted by atomic mass is 9.98. The maximum absolute atomic E-state index is 13.8. The van der Waals surface area contributed by atoms with Crippen molar-refractivity contribution in [3.63, 3.8) is 0 Å². The van der Waals surface area contributed by atoms with E-state index in [1.807, 2.05) is 44.7 Å². The summed E-state index contributed by atoms with van der Waals surface area (Å²) < 4.78 is 31.2. The van der Waals surface area contributed by atoms with Gasteiger partial charge in [0.1, 0.15) is 0 Å². The number of carbonyl (C=O) groups excluding carboxylic acids is 1. The molecule has 3 aliphatic rings. The Kier molecular flexibility index (Phi) is 7.89. The van der Waals surface area contributed by atoms with Crippen LogP contribution >= 0.6 is 11.6 Å². The molecule has 226 valence electrons. The third-order valence-electron chi connectivity index (χ3n) is 9.56. The predicted molar refractivity (Wildman–Crippen MR) is 157 cm³/mol. The molecular weight excluding hydrogens is 560 g/mol. The first-order valence-corrected chi connectivity index (χ1v) is 15.6. The van der Waals surface area contributed by atoms with Crippen LogP contribution in [0, 0.1) is 17.8 Å². The van der Waals surface area contributed by atoms with Crippen LogP contribution in [0.15, 0.2) is 36.7 Å². The van der Waals surface area contributed by atoms with Crippen LogP contribution in [-0.2, 0) is 13.1 Å².